The first-order valence-electron chi connectivity index (χ1n) is 4.31. The highest BCUT2D eigenvalue weighted by Gasteiger charge is 2.33. The summed E-state index contributed by atoms with van der Waals surface area (Å²) in [5.41, 5.74) is -2.46. The molecule has 1 aromatic heterocycles. The second-order valence-electron chi connectivity index (χ2n) is 3.08. The van der Waals surface area contributed by atoms with Crippen molar-refractivity contribution in [1.29, 1.82) is 0 Å². The van der Waals surface area contributed by atoms with Crippen molar-refractivity contribution in [1.82, 2.24) is 4.98 Å². The largest absolute Gasteiger partial charge is 0.476 e. The lowest BCUT2D eigenvalue weighted by Crippen LogP contribution is -2.16. The molecule has 0 aliphatic carbocycles. The monoisotopic (exact) mass is 248 g/mol. The molecule has 1 heterocycles. The molecule has 5 nitrogen and oxygen atoms in total. The highest BCUT2D eigenvalue weighted by Crippen LogP contribution is 2.29. The van der Waals surface area contributed by atoms with Gasteiger partial charge in [0.2, 0.25) is 5.91 Å². The number of pyridine rings is 1. The zero-order valence-electron chi connectivity index (χ0n) is 8.50. The third-order valence-electron chi connectivity index (χ3n) is 1.70. The van der Waals surface area contributed by atoms with Gasteiger partial charge >= 0.3 is 12.1 Å². The van der Waals surface area contributed by atoms with Crippen LogP contribution in [0.5, 0.6) is 0 Å². The van der Waals surface area contributed by atoms with E-state index in [4.69, 9.17) is 5.11 Å². The molecule has 0 saturated carbocycles. The fourth-order valence-corrected chi connectivity index (χ4v) is 1.07. The Morgan fingerprint density at radius 3 is 2.35 bits per heavy atom. The highest BCUT2D eigenvalue weighted by atomic mass is 19.4. The van der Waals surface area contributed by atoms with Crippen molar-refractivity contribution in [3.05, 3.63) is 23.5 Å². The maximum absolute atomic E-state index is 12.3. The number of hydrogen-bond acceptors (Lipinski definition) is 3. The SMILES string of the molecule is CC(=O)Nc1ccc(C(F)(F)F)nc1C(=O)O. The molecule has 0 atom stereocenters. The van der Waals surface area contributed by atoms with E-state index in [9.17, 15) is 22.8 Å². The zero-order valence-corrected chi connectivity index (χ0v) is 8.50. The number of anilines is 1. The minimum absolute atomic E-state index is 0.280. The molecule has 1 rings (SSSR count). The van der Waals surface area contributed by atoms with E-state index in [0.29, 0.717) is 6.07 Å². The van der Waals surface area contributed by atoms with Gasteiger partial charge in [-0.2, -0.15) is 13.2 Å². The number of hydrogen-bond donors (Lipinski definition) is 2. The van der Waals surface area contributed by atoms with E-state index in [1.165, 1.54) is 0 Å². The van der Waals surface area contributed by atoms with Crippen molar-refractivity contribution >= 4 is 17.6 Å². The van der Waals surface area contributed by atoms with Crippen molar-refractivity contribution in [2.45, 2.75) is 13.1 Å². The predicted octanol–water partition coefficient (Wildman–Crippen LogP) is 1.76. The van der Waals surface area contributed by atoms with Crippen LogP contribution in [-0.2, 0) is 11.0 Å². The Labute approximate surface area is 93.3 Å². The number of aromatic nitrogens is 1. The fourth-order valence-electron chi connectivity index (χ4n) is 1.07. The van der Waals surface area contributed by atoms with Crippen molar-refractivity contribution in [2.24, 2.45) is 0 Å². The van der Waals surface area contributed by atoms with Crippen molar-refractivity contribution in [2.75, 3.05) is 5.32 Å². The summed E-state index contributed by atoms with van der Waals surface area (Å²) in [5.74, 6) is -2.26. The summed E-state index contributed by atoms with van der Waals surface area (Å²) in [4.78, 5) is 24.4. The lowest BCUT2D eigenvalue weighted by Gasteiger charge is -2.10. The summed E-state index contributed by atoms with van der Waals surface area (Å²) in [6.07, 6.45) is -4.74. The molecule has 0 fully saturated rings. The smallest absolute Gasteiger partial charge is 0.433 e. The van der Waals surface area contributed by atoms with Crippen molar-refractivity contribution in [3.63, 3.8) is 0 Å². The molecular weight excluding hydrogens is 241 g/mol. The third kappa shape index (κ3) is 3.16. The van der Waals surface area contributed by atoms with Gasteiger partial charge in [-0.1, -0.05) is 0 Å². The number of carboxylic acid groups (broad SMARTS) is 1. The van der Waals surface area contributed by atoms with Crippen LogP contribution in [0.3, 0.4) is 0 Å². The van der Waals surface area contributed by atoms with Crippen LogP contribution in [0, 0.1) is 0 Å². The number of nitrogens with one attached hydrogen (secondary N) is 1. The van der Waals surface area contributed by atoms with Crippen LogP contribution >= 0.6 is 0 Å². The topological polar surface area (TPSA) is 79.3 Å². The Bertz CT molecular complexity index is 471. The van der Waals surface area contributed by atoms with Gasteiger partial charge < -0.3 is 10.4 Å². The number of nitrogens with zero attached hydrogens (tertiary/aromatic N) is 1. The first kappa shape index (κ1) is 12.9. The summed E-state index contributed by atoms with van der Waals surface area (Å²) >= 11 is 0. The predicted molar refractivity (Wildman–Crippen MR) is 50.5 cm³/mol. The van der Waals surface area contributed by atoms with E-state index >= 15 is 0 Å². The second kappa shape index (κ2) is 4.40. The minimum atomic E-state index is -4.74. The molecule has 1 amide bonds. The van der Waals surface area contributed by atoms with Gasteiger partial charge in [-0.15, -0.1) is 0 Å². The Morgan fingerprint density at radius 1 is 1.35 bits per heavy atom. The van der Waals surface area contributed by atoms with Gasteiger partial charge in [0.15, 0.2) is 5.69 Å². The Balaban J connectivity index is 3.27. The van der Waals surface area contributed by atoms with Crippen LogP contribution in [-0.4, -0.2) is 22.0 Å². The molecule has 8 heteroatoms. The van der Waals surface area contributed by atoms with Crippen LogP contribution in [0.2, 0.25) is 0 Å². The summed E-state index contributed by atoms with van der Waals surface area (Å²) in [6.45, 7) is 1.10. The molecule has 0 radical (unpaired) electrons. The molecule has 0 unspecified atom stereocenters. The lowest BCUT2D eigenvalue weighted by atomic mass is 10.2. The molecule has 0 saturated heterocycles. The van der Waals surface area contributed by atoms with Gasteiger partial charge in [-0.3, -0.25) is 4.79 Å². The molecule has 0 aliphatic heterocycles. The average Bonchev–Trinajstić information content (AvgIpc) is 2.15. The molecule has 0 spiro atoms. The van der Waals surface area contributed by atoms with E-state index in [1.807, 2.05) is 0 Å². The van der Waals surface area contributed by atoms with Gasteiger partial charge in [0.05, 0.1) is 5.69 Å². The first-order valence-corrected chi connectivity index (χ1v) is 4.31. The first-order chi connectivity index (χ1) is 7.71. The molecule has 92 valence electrons. The second-order valence-corrected chi connectivity index (χ2v) is 3.08. The highest BCUT2D eigenvalue weighted by molar-refractivity contribution is 5.98. The van der Waals surface area contributed by atoms with Crippen LogP contribution < -0.4 is 5.32 Å². The Morgan fingerprint density at radius 2 is 1.94 bits per heavy atom. The molecule has 2 N–H and O–H groups in total. The van der Waals surface area contributed by atoms with Crippen LogP contribution in [0.1, 0.15) is 23.1 Å². The average molecular weight is 248 g/mol. The van der Waals surface area contributed by atoms with Gasteiger partial charge in [0.25, 0.3) is 0 Å². The molecule has 17 heavy (non-hydrogen) atoms. The van der Waals surface area contributed by atoms with E-state index in [2.05, 4.69) is 10.3 Å². The molecule has 0 bridgehead atoms. The van der Waals surface area contributed by atoms with Crippen LogP contribution in [0.4, 0.5) is 18.9 Å². The molecule has 1 aromatic rings. The van der Waals surface area contributed by atoms with Gasteiger partial charge in [0.1, 0.15) is 5.69 Å². The lowest BCUT2D eigenvalue weighted by molar-refractivity contribution is -0.141. The normalized spacial score (nSPS) is 11.1. The number of amides is 1. The maximum Gasteiger partial charge on any atom is 0.433 e. The summed E-state index contributed by atoms with van der Waals surface area (Å²) in [5, 5.41) is 10.8. The number of carboxylic acids is 1. The number of alkyl halides is 3. The van der Waals surface area contributed by atoms with Crippen LogP contribution in [0.15, 0.2) is 12.1 Å². The summed E-state index contributed by atoms with van der Waals surface area (Å²) in [6, 6.07) is 1.44. The van der Waals surface area contributed by atoms with Crippen molar-refractivity contribution < 1.29 is 27.9 Å². The maximum atomic E-state index is 12.3. The fraction of sp³-hybridized carbons (Fsp3) is 0.222. The number of carbonyl (C=O) groups is 2. The number of halogens is 3. The van der Waals surface area contributed by atoms with Gasteiger partial charge in [-0.05, 0) is 12.1 Å². The molecule has 0 aliphatic rings. The van der Waals surface area contributed by atoms with Gasteiger partial charge in [-0.25, -0.2) is 9.78 Å². The Kier molecular flexibility index (Phi) is 3.35. The van der Waals surface area contributed by atoms with E-state index in [1.54, 1.807) is 0 Å². The summed E-state index contributed by atoms with van der Waals surface area (Å²) < 4.78 is 36.8. The van der Waals surface area contributed by atoms with E-state index in [-0.39, 0.29) is 5.69 Å². The van der Waals surface area contributed by atoms with Gasteiger partial charge in [0, 0.05) is 6.92 Å². The summed E-state index contributed by atoms with van der Waals surface area (Å²) in [7, 11) is 0. The molecular formula is C9H7F3N2O3. The Hall–Kier alpha value is -2.12. The van der Waals surface area contributed by atoms with Crippen LogP contribution in [0.25, 0.3) is 0 Å². The van der Waals surface area contributed by atoms with E-state index < -0.39 is 29.4 Å². The number of carbonyl (C=O) groups excluding carboxylic acids is 1. The van der Waals surface area contributed by atoms with Crippen molar-refractivity contribution in [3.8, 4) is 0 Å². The quantitative estimate of drug-likeness (QED) is 0.835. The van der Waals surface area contributed by atoms with E-state index in [0.717, 1.165) is 13.0 Å². The molecule has 0 aromatic carbocycles. The minimum Gasteiger partial charge on any atom is -0.476 e. The number of rotatable bonds is 2. The zero-order chi connectivity index (χ0) is 13.2. The number of aromatic carboxylic acids is 1. The third-order valence-corrected chi connectivity index (χ3v) is 1.70. The standard InChI is InChI=1S/C9H7F3N2O3/c1-4(15)13-5-2-3-6(9(10,11)12)14-7(5)8(16)17/h2-3H,1H3,(H,13,15)(H,16,17).